The Morgan fingerprint density at radius 3 is 2.75 bits per heavy atom. The average Bonchev–Trinajstić information content (AvgIpc) is 2.42. The van der Waals surface area contributed by atoms with Crippen molar-refractivity contribution in [2.45, 2.75) is 10.8 Å². The van der Waals surface area contributed by atoms with Crippen LogP contribution in [-0.2, 0) is 9.93 Å². The van der Waals surface area contributed by atoms with Crippen molar-refractivity contribution in [2.24, 2.45) is 0 Å². The summed E-state index contributed by atoms with van der Waals surface area (Å²) in [5, 5.41) is 0. The molecule has 1 aliphatic rings. The van der Waals surface area contributed by atoms with Gasteiger partial charge in [0, 0.05) is 5.75 Å². The molecule has 0 spiro atoms. The van der Waals surface area contributed by atoms with Crippen LogP contribution in [0.2, 0.25) is 0 Å². The average molecular weight is 185 g/mol. The molecule has 0 radical (unpaired) electrons. The minimum atomic E-state index is 0.708. The second-order valence-corrected chi connectivity index (χ2v) is 9.33. The highest BCUT2D eigenvalue weighted by molar-refractivity contribution is 9.00. The Labute approximate surface area is 65.1 Å². The van der Waals surface area contributed by atoms with E-state index in [1.807, 2.05) is 21.6 Å². The van der Waals surface area contributed by atoms with Crippen molar-refractivity contribution < 1.29 is 0 Å². The first kappa shape index (κ1) is 7.51. The van der Waals surface area contributed by atoms with Gasteiger partial charge in [-0.2, -0.15) is 0 Å². The van der Waals surface area contributed by atoms with E-state index in [0.717, 1.165) is 3.91 Å². The predicted octanol–water partition coefficient (Wildman–Crippen LogP) is 2.58. The van der Waals surface area contributed by atoms with Crippen LogP contribution in [0.25, 0.3) is 0 Å². The molecule has 0 aromatic heterocycles. The quantitative estimate of drug-likeness (QED) is 0.377. The maximum atomic E-state index is 2.32. The minimum Gasteiger partial charge on any atom is -0.0884 e. The van der Waals surface area contributed by atoms with Gasteiger partial charge in [-0.1, -0.05) is 17.7 Å². The highest BCUT2D eigenvalue weighted by atomic mass is 33.2. The first-order chi connectivity index (χ1) is 3.84. The first-order valence-corrected chi connectivity index (χ1v) is 7.92. The first-order valence-electron chi connectivity index (χ1n) is 2.44. The summed E-state index contributed by atoms with van der Waals surface area (Å²) in [6, 6.07) is 0. The highest BCUT2D eigenvalue weighted by Crippen LogP contribution is 2.55. The van der Waals surface area contributed by atoms with Crippen LogP contribution in [0.3, 0.4) is 0 Å². The summed E-state index contributed by atoms with van der Waals surface area (Å²) in [7, 11) is 6.84. The smallest absolute Gasteiger partial charge is 0.0884 e. The molecular weight excluding hydrogens is 176 g/mol. The van der Waals surface area contributed by atoms with Crippen molar-refractivity contribution in [3.05, 3.63) is 0 Å². The van der Waals surface area contributed by atoms with Crippen LogP contribution >= 0.6 is 32.4 Å². The van der Waals surface area contributed by atoms with E-state index in [2.05, 4.69) is 24.0 Å². The predicted molar refractivity (Wildman–Crippen MR) is 50.4 cm³/mol. The minimum absolute atomic E-state index is 0.708. The van der Waals surface area contributed by atoms with Crippen molar-refractivity contribution in [2.75, 3.05) is 12.0 Å². The van der Waals surface area contributed by atoms with E-state index in [1.54, 1.807) is 0 Å². The van der Waals surface area contributed by atoms with Gasteiger partial charge in [0.1, 0.15) is 6.26 Å². The molecular formula is C4H9S4+. The SMILES string of the molecule is CCSSC1S[S+]1C. The van der Waals surface area contributed by atoms with E-state index in [4.69, 9.17) is 0 Å². The van der Waals surface area contributed by atoms with Crippen molar-refractivity contribution in [3.63, 3.8) is 0 Å². The van der Waals surface area contributed by atoms with Crippen LogP contribution < -0.4 is 0 Å². The second-order valence-electron chi connectivity index (χ2n) is 1.39. The Hall–Kier alpha value is 1.40. The lowest BCUT2D eigenvalue weighted by molar-refractivity contribution is 1.54. The van der Waals surface area contributed by atoms with Crippen molar-refractivity contribution >= 4 is 42.3 Å². The Kier molecular flexibility index (Phi) is 3.32. The number of hydrogen-bond acceptors (Lipinski definition) is 3. The maximum Gasteiger partial charge on any atom is 0.277 e. The third-order valence-corrected chi connectivity index (χ3v) is 9.38. The van der Waals surface area contributed by atoms with Crippen molar-refractivity contribution in [3.8, 4) is 0 Å². The lowest BCUT2D eigenvalue weighted by atomic mass is 11.0. The molecule has 1 aliphatic heterocycles. The molecule has 8 heavy (non-hydrogen) atoms. The molecule has 2 unspecified atom stereocenters. The topological polar surface area (TPSA) is 0 Å². The van der Waals surface area contributed by atoms with Gasteiger partial charge >= 0.3 is 0 Å². The standard InChI is InChI=1S/C4H9S4/c1-3-5-6-4-7-8(4)2/h4H,3H2,1-2H3/q+1. The van der Waals surface area contributed by atoms with Gasteiger partial charge < -0.3 is 0 Å². The van der Waals surface area contributed by atoms with Gasteiger partial charge in [0.05, 0.1) is 9.93 Å². The van der Waals surface area contributed by atoms with Gasteiger partial charge in [0.25, 0.3) is 3.91 Å². The summed E-state index contributed by atoms with van der Waals surface area (Å²) in [6.45, 7) is 2.21. The fourth-order valence-electron chi connectivity index (χ4n) is 0.296. The van der Waals surface area contributed by atoms with Gasteiger partial charge in [-0.25, -0.2) is 0 Å². The van der Waals surface area contributed by atoms with E-state index in [0.29, 0.717) is 9.93 Å². The number of hydrogen-bond donors (Lipinski definition) is 0. The fourth-order valence-corrected chi connectivity index (χ4v) is 8.50. The summed E-state index contributed by atoms with van der Waals surface area (Å²) in [5.74, 6) is 1.25. The molecule has 48 valence electrons. The molecule has 0 aromatic rings. The molecule has 1 heterocycles. The van der Waals surface area contributed by atoms with Gasteiger partial charge in [0.15, 0.2) is 10.8 Å². The third kappa shape index (κ3) is 2.33. The van der Waals surface area contributed by atoms with Gasteiger partial charge in [-0.05, 0) is 10.8 Å². The van der Waals surface area contributed by atoms with E-state index in [1.165, 1.54) is 5.75 Å². The van der Waals surface area contributed by atoms with E-state index >= 15 is 0 Å². The zero-order valence-electron chi connectivity index (χ0n) is 4.92. The summed E-state index contributed by atoms with van der Waals surface area (Å²) in [6.07, 6.45) is 2.32. The zero-order valence-corrected chi connectivity index (χ0v) is 8.18. The van der Waals surface area contributed by atoms with Crippen LogP contribution in [0.15, 0.2) is 0 Å². The Balaban J connectivity index is 1.89. The molecule has 1 rings (SSSR count). The van der Waals surface area contributed by atoms with Crippen LogP contribution in [0.4, 0.5) is 0 Å². The largest absolute Gasteiger partial charge is 0.277 e. The molecule has 2 atom stereocenters. The van der Waals surface area contributed by atoms with Crippen LogP contribution in [-0.4, -0.2) is 15.9 Å². The summed E-state index contributed by atoms with van der Waals surface area (Å²) >= 11 is 0. The molecule has 4 heteroatoms. The molecule has 0 amide bonds. The zero-order chi connectivity index (χ0) is 5.98. The van der Waals surface area contributed by atoms with Crippen LogP contribution in [0.5, 0.6) is 0 Å². The Morgan fingerprint density at radius 2 is 2.38 bits per heavy atom. The monoisotopic (exact) mass is 185 g/mol. The molecule has 0 nitrogen and oxygen atoms in total. The molecule has 1 saturated heterocycles. The number of rotatable bonds is 3. The van der Waals surface area contributed by atoms with Crippen molar-refractivity contribution in [1.82, 2.24) is 0 Å². The van der Waals surface area contributed by atoms with Gasteiger partial charge in [-0.15, -0.1) is 0 Å². The van der Waals surface area contributed by atoms with Crippen molar-refractivity contribution in [1.29, 1.82) is 0 Å². The maximum absolute atomic E-state index is 2.32. The molecule has 1 fully saturated rings. The fraction of sp³-hybridized carbons (Fsp3) is 1.00. The second kappa shape index (κ2) is 3.54. The summed E-state index contributed by atoms with van der Waals surface area (Å²) < 4.78 is 0.944. The Morgan fingerprint density at radius 1 is 1.75 bits per heavy atom. The summed E-state index contributed by atoms with van der Waals surface area (Å²) in [5.41, 5.74) is 0. The lowest BCUT2D eigenvalue weighted by Crippen LogP contribution is -1.74. The summed E-state index contributed by atoms with van der Waals surface area (Å²) in [4.78, 5) is 0. The molecule has 0 aromatic carbocycles. The van der Waals surface area contributed by atoms with Gasteiger partial charge in [-0.3, -0.25) is 0 Å². The normalized spacial score (nSPS) is 35.2. The molecule has 0 N–H and O–H groups in total. The molecule has 0 bridgehead atoms. The molecule has 0 saturated carbocycles. The van der Waals surface area contributed by atoms with E-state index in [-0.39, 0.29) is 0 Å². The van der Waals surface area contributed by atoms with Crippen LogP contribution in [0.1, 0.15) is 6.92 Å². The highest BCUT2D eigenvalue weighted by Gasteiger charge is 2.50. The van der Waals surface area contributed by atoms with E-state index in [9.17, 15) is 0 Å². The van der Waals surface area contributed by atoms with E-state index < -0.39 is 0 Å². The van der Waals surface area contributed by atoms with Crippen LogP contribution in [0, 0.1) is 0 Å². The van der Waals surface area contributed by atoms with Gasteiger partial charge in [0.2, 0.25) is 0 Å². The lowest BCUT2D eigenvalue weighted by Gasteiger charge is -1.83. The third-order valence-electron chi connectivity index (χ3n) is 0.728. The molecule has 0 aliphatic carbocycles. The Bertz CT molecular complexity index is 74.4.